The van der Waals surface area contributed by atoms with Crippen molar-refractivity contribution in [2.75, 3.05) is 11.1 Å². The minimum absolute atomic E-state index is 0.0407. The lowest BCUT2D eigenvalue weighted by atomic mass is 10.1. The van der Waals surface area contributed by atoms with Crippen molar-refractivity contribution in [1.82, 2.24) is 0 Å². The molecule has 1 aromatic carbocycles. The van der Waals surface area contributed by atoms with E-state index >= 15 is 0 Å². The van der Waals surface area contributed by atoms with Gasteiger partial charge in [-0.15, -0.1) is 23.4 Å². The summed E-state index contributed by atoms with van der Waals surface area (Å²) in [6.07, 6.45) is 0. The van der Waals surface area contributed by atoms with E-state index in [-0.39, 0.29) is 11.7 Å². The molecule has 1 amide bonds. The number of rotatable bonds is 2. The average Bonchev–Trinajstić information content (AvgIpc) is 2.26. The molecule has 0 fully saturated rings. The van der Waals surface area contributed by atoms with Crippen LogP contribution in [0, 0.1) is 0 Å². The molecule has 1 aromatic rings. The van der Waals surface area contributed by atoms with Crippen molar-refractivity contribution < 1.29 is 9.59 Å². The molecule has 0 bridgehead atoms. The van der Waals surface area contributed by atoms with Crippen molar-refractivity contribution in [3.8, 4) is 0 Å². The van der Waals surface area contributed by atoms with Gasteiger partial charge in [0.15, 0.2) is 5.78 Å². The molecule has 1 N–H and O–H groups in total. The number of hydrogen-bond acceptors (Lipinski definition) is 3. The van der Waals surface area contributed by atoms with E-state index in [1.807, 2.05) is 6.07 Å². The molecule has 0 aromatic heterocycles. The SMILES string of the molecule is CC(Cl)C(=O)c1ccc2c(c1)NC(=O)CS2. The van der Waals surface area contributed by atoms with Gasteiger partial charge in [-0.2, -0.15) is 0 Å². The number of carbonyl (C=O) groups is 2. The number of fused-ring (bicyclic) bond motifs is 1. The summed E-state index contributed by atoms with van der Waals surface area (Å²) >= 11 is 7.20. The number of carbonyl (C=O) groups excluding carboxylic acids is 2. The molecule has 1 atom stereocenters. The third kappa shape index (κ3) is 2.23. The third-order valence-electron chi connectivity index (χ3n) is 2.26. The fourth-order valence-electron chi connectivity index (χ4n) is 1.47. The van der Waals surface area contributed by atoms with Crippen LogP contribution in [-0.4, -0.2) is 22.8 Å². The van der Waals surface area contributed by atoms with Crippen molar-refractivity contribution in [3.63, 3.8) is 0 Å². The van der Waals surface area contributed by atoms with Gasteiger partial charge in [0, 0.05) is 10.5 Å². The van der Waals surface area contributed by atoms with Crippen LogP contribution in [0.15, 0.2) is 23.1 Å². The Morgan fingerprint density at radius 2 is 2.31 bits per heavy atom. The van der Waals surface area contributed by atoms with E-state index in [9.17, 15) is 9.59 Å². The zero-order chi connectivity index (χ0) is 11.7. The lowest BCUT2D eigenvalue weighted by Gasteiger charge is -2.16. The number of amides is 1. The second-order valence-electron chi connectivity index (χ2n) is 3.53. The maximum Gasteiger partial charge on any atom is 0.234 e. The molecule has 0 spiro atoms. The first-order chi connectivity index (χ1) is 7.58. The van der Waals surface area contributed by atoms with Crippen LogP contribution >= 0.6 is 23.4 Å². The first kappa shape index (κ1) is 11.5. The Bertz CT molecular complexity index is 459. The number of benzene rings is 1. The van der Waals surface area contributed by atoms with Crippen molar-refractivity contribution >= 4 is 40.7 Å². The van der Waals surface area contributed by atoms with Crippen LogP contribution in [0.25, 0.3) is 0 Å². The van der Waals surface area contributed by atoms with Crippen LogP contribution in [0.1, 0.15) is 17.3 Å². The molecule has 16 heavy (non-hydrogen) atoms. The van der Waals surface area contributed by atoms with Gasteiger partial charge in [0.05, 0.1) is 16.8 Å². The topological polar surface area (TPSA) is 46.2 Å². The molecule has 84 valence electrons. The van der Waals surface area contributed by atoms with Gasteiger partial charge in [-0.25, -0.2) is 0 Å². The fraction of sp³-hybridized carbons (Fsp3) is 0.273. The van der Waals surface area contributed by atoms with E-state index in [4.69, 9.17) is 11.6 Å². The number of anilines is 1. The van der Waals surface area contributed by atoms with Crippen LogP contribution in [0.4, 0.5) is 5.69 Å². The van der Waals surface area contributed by atoms with Crippen LogP contribution in [-0.2, 0) is 4.79 Å². The number of alkyl halides is 1. The standard InChI is InChI=1S/C11H10ClNO2S/c1-6(12)11(15)7-2-3-9-8(4-7)13-10(14)5-16-9/h2-4,6H,5H2,1H3,(H,13,14). The van der Waals surface area contributed by atoms with Gasteiger partial charge in [0.1, 0.15) is 0 Å². The lowest BCUT2D eigenvalue weighted by Crippen LogP contribution is -2.19. The summed E-state index contributed by atoms with van der Waals surface area (Å²) in [5.74, 6) is 0.252. The highest BCUT2D eigenvalue weighted by atomic mass is 35.5. The number of ketones is 1. The maximum atomic E-state index is 11.7. The summed E-state index contributed by atoms with van der Waals surface area (Å²) in [6, 6.07) is 5.26. The van der Waals surface area contributed by atoms with Crippen molar-refractivity contribution in [3.05, 3.63) is 23.8 Å². The van der Waals surface area contributed by atoms with Crippen molar-refractivity contribution in [2.45, 2.75) is 17.2 Å². The summed E-state index contributed by atoms with van der Waals surface area (Å²) in [7, 11) is 0. The Morgan fingerprint density at radius 3 is 3.00 bits per heavy atom. The zero-order valence-electron chi connectivity index (χ0n) is 8.62. The fourth-order valence-corrected chi connectivity index (χ4v) is 2.38. The van der Waals surface area contributed by atoms with Crippen LogP contribution in [0.5, 0.6) is 0 Å². The van der Waals surface area contributed by atoms with Crippen LogP contribution < -0.4 is 5.32 Å². The Balaban J connectivity index is 2.35. The molecule has 3 nitrogen and oxygen atoms in total. The molecule has 0 saturated carbocycles. The molecule has 0 aliphatic carbocycles. The molecule has 5 heteroatoms. The summed E-state index contributed by atoms with van der Waals surface area (Å²) in [6.45, 7) is 1.64. The molecule has 1 unspecified atom stereocenters. The Labute approximate surface area is 103 Å². The molecular weight excluding hydrogens is 246 g/mol. The Hall–Kier alpha value is -1.000. The van der Waals surface area contributed by atoms with E-state index in [0.717, 1.165) is 4.90 Å². The molecular formula is C11H10ClNO2S. The van der Waals surface area contributed by atoms with E-state index < -0.39 is 5.38 Å². The number of thioether (sulfide) groups is 1. The summed E-state index contributed by atoms with van der Waals surface area (Å²) in [4.78, 5) is 23.8. The minimum Gasteiger partial charge on any atom is -0.324 e. The number of halogens is 1. The summed E-state index contributed by atoms with van der Waals surface area (Å²) in [5, 5.41) is 2.19. The van der Waals surface area contributed by atoms with Crippen molar-refractivity contribution in [2.24, 2.45) is 0 Å². The number of Topliss-reactive ketones (excluding diaryl/α,β-unsaturated/α-hetero) is 1. The van der Waals surface area contributed by atoms with E-state index in [0.29, 0.717) is 17.0 Å². The smallest absolute Gasteiger partial charge is 0.234 e. The Morgan fingerprint density at radius 1 is 1.56 bits per heavy atom. The first-order valence-corrected chi connectivity index (χ1v) is 6.25. The first-order valence-electron chi connectivity index (χ1n) is 4.83. The monoisotopic (exact) mass is 255 g/mol. The normalized spacial score (nSPS) is 16.2. The highest BCUT2D eigenvalue weighted by Gasteiger charge is 2.18. The number of nitrogens with one attached hydrogen (secondary N) is 1. The minimum atomic E-state index is -0.551. The molecule has 1 heterocycles. The average molecular weight is 256 g/mol. The van der Waals surface area contributed by atoms with E-state index in [2.05, 4.69) is 5.32 Å². The van der Waals surface area contributed by atoms with Gasteiger partial charge in [0.25, 0.3) is 0 Å². The quantitative estimate of drug-likeness (QED) is 0.653. The van der Waals surface area contributed by atoms with Gasteiger partial charge in [-0.1, -0.05) is 6.07 Å². The van der Waals surface area contributed by atoms with Gasteiger partial charge < -0.3 is 5.32 Å². The maximum absolute atomic E-state index is 11.7. The largest absolute Gasteiger partial charge is 0.324 e. The molecule has 0 radical (unpaired) electrons. The van der Waals surface area contributed by atoms with Gasteiger partial charge in [-0.05, 0) is 19.1 Å². The van der Waals surface area contributed by atoms with Gasteiger partial charge in [-0.3, -0.25) is 9.59 Å². The predicted octanol–water partition coefficient (Wildman–Crippen LogP) is 2.54. The van der Waals surface area contributed by atoms with E-state index in [1.54, 1.807) is 19.1 Å². The highest BCUT2D eigenvalue weighted by molar-refractivity contribution is 8.00. The number of hydrogen-bond donors (Lipinski definition) is 1. The second kappa shape index (κ2) is 4.47. The summed E-state index contributed by atoms with van der Waals surface area (Å²) < 4.78 is 0. The van der Waals surface area contributed by atoms with Crippen LogP contribution in [0.2, 0.25) is 0 Å². The second-order valence-corrected chi connectivity index (χ2v) is 5.20. The lowest BCUT2D eigenvalue weighted by molar-refractivity contribution is -0.113. The van der Waals surface area contributed by atoms with E-state index in [1.165, 1.54) is 11.8 Å². The molecule has 0 saturated heterocycles. The predicted molar refractivity (Wildman–Crippen MR) is 65.4 cm³/mol. The van der Waals surface area contributed by atoms with Crippen LogP contribution in [0.3, 0.4) is 0 Å². The Kier molecular flexibility index (Phi) is 3.21. The summed E-state index contributed by atoms with van der Waals surface area (Å²) in [5.41, 5.74) is 1.23. The zero-order valence-corrected chi connectivity index (χ0v) is 10.2. The highest BCUT2D eigenvalue weighted by Crippen LogP contribution is 2.32. The molecule has 1 aliphatic rings. The van der Waals surface area contributed by atoms with Gasteiger partial charge in [0.2, 0.25) is 5.91 Å². The molecule has 1 aliphatic heterocycles. The third-order valence-corrected chi connectivity index (χ3v) is 3.53. The molecule has 2 rings (SSSR count). The van der Waals surface area contributed by atoms with Gasteiger partial charge >= 0.3 is 0 Å². The van der Waals surface area contributed by atoms with Crippen molar-refractivity contribution in [1.29, 1.82) is 0 Å².